The topological polar surface area (TPSA) is 225 Å². The zero-order valence-corrected chi connectivity index (χ0v) is 17.6. The summed E-state index contributed by atoms with van der Waals surface area (Å²) >= 11 is 0. The molecule has 0 saturated heterocycles. The van der Waals surface area contributed by atoms with E-state index >= 15 is 0 Å². The minimum atomic E-state index is -1.65. The van der Waals surface area contributed by atoms with E-state index in [4.69, 9.17) is 21.1 Å². The first-order valence-electron chi connectivity index (χ1n) is 9.57. The average molecular weight is 446 g/mol. The van der Waals surface area contributed by atoms with E-state index < -0.39 is 72.6 Å². The lowest BCUT2D eigenvalue weighted by atomic mass is 10.0. The molecule has 31 heavy (non-hydrogen) atoms. The van der Waals surface area contributed by atoms with E-state index in [0.717, 1.165) is 6.92 Å². The maximum absolute atomic E-state index is 12.6. The van der Waals surface area contributed by atoms with Crippen LogP contribution in [0.25, 0.3) is 0 Å². The molecule has 4 atom stereocenters. The van der Waals surface area contributed by atoms with E-state index in [1.165, 1.54) is 0 Å². The van der Waals surface area contributed by atoms with Gasteiger partial charge in [0.1, 0.15) is 18.1 Å². The molecule has 0 radical (unpaired) electrons. The third-order valence-corrected chi connectivity index (χ3v) is 4.08. The summed E-state index contributed by atoms with van der Waals surface area (Å²) in [6, 6.07) is -5.37. The van der Waals surface area contributed by atoms with Crippen molar-refractivity contribution in [1.82, 2.24) is 16.0 Å². The maximum atomic E-state index is 12.6. The Labute approximate surface area is 178 Å². The summed E-state index contributed by atoms with van der Waals surface area (Å²) in [4.78, 5) is 69.9. The van der Waals surface area contributed by atoms with Gasteiger partial charge in [-0.25, -0.2) is 0 Å². The molecule has 0 aromatic heterocycles. The van der Waals surface area contributed by atoms with E-state index in [1.807, 2.05) is 19.2 Å². The van der Waals surface area contributed by atoms with Crippen LogP contribution in [0.1, 0.15) is 46.5 Å². The van der Waals surface area contributed by atoms with Crippen LogP contribution in [0.4, 0.5) is 0 Å². The number of hydrogen-bond donors (Lipinski definition) is 7. The first-order valence-corrected chi connectivity index (χ1v) is 9.57. The molecule has 0 spiro atoms. The predicted octanol–water partition coefficient (Wildman–Crippen LogP) is -1.74. The number of carboxylic acid groups (broad SMARTS) is 3. The standard InChI is InChI=1S/C18H30N4O9/c1-8(2)6-10(19)15(27)21-11(4-5-13(23)24)16(28)22-12(7-14(25)26)17(29)20-9(3)18(30)31/h8-12H,4-7,19H2,1-3H3,(H,20,29)(H,21,27)(H,22,28)(H,23,24)(H,25,26)(H,30,31). The Morgan fingerprint density at radius 1 is 0.774 bits per heavy atom. The van der Waals surface area contributed by atoms with Gasteiger partial charge in [-0.3, -0.25) is 28.8 Å². The molecule has 0 aliphatic rings. The fourth-order valence-corrected chi connectivity index (χ4v) is 2.46. The summed E-state index contributed by atoms with van der Waals surface area (Å²) < 4.78 is 0. The second-order valence-electron chi connectivity index (χ2n) is 7.46. The van der Waals surface area contributed by atoms with Crippen LogP contribution >= 0.6 is 0 Å². The van der Waals surface area contributed by atoms with Crippen LogP contribution in [-0.4, -0.2) is 75.1 Å². The fraction of sp³-hybridized carbons (Fsp3) is 0.667. The van der Waals surface area contributed by atoms with Gasteiger partial charge in [0.25, 0.3) is 0 Å². The average Bonchev–Trinajstić information content (AvgIpc) is 2.62. The zero-order valence-electron chi connectivity index (χ0n) is 17.6. The van der Waals surface area contributed by atoms with Crippen molar-refractivity contribution in [2.45, 2.75) is 70.6 Å². The van der Waals surface area contributed by atoms with Crippen molar-refractivity contribution >= 4 is 35.6 Å². The molecular formula is C18H30N4O9. The molecule has 4 unspecified atom stereocenters. The predicted molar refractivity (Wildman–Crippen MR) is 106 cm³/mol. The number of carbonyl (C=O) groups is 6. The minimum Gasteiger partial charge on any atom is -0.481 e. The molecule has 13 nitrogen and oxygen atoms in total. The van der Waals surface area contributed by atoms with Crippen LogP contribution in [0.2, 0.25) is 0 Å². The molecule has 0 aliphatic heterocycles. The van der Waals surface area contributed by atoms with Gasteiger partial charge in [-0.05, 0) is 25.7 Å². The molecule has 0 aromatic rings. The van der Waals surface area contributed by atoms with Crippen molar-refractivity contribution in [3.05, 3.63) is 0 Å². The van der Waals surface area contributed by atoms with E-state index in [2.05, 4.69) is 10.6 Å². The Hall–Kier alpha value is -3.22. The first kappa shape index (κ1) is 27.8. The fourth-order valence-electron chi connectivity index (χ4n) is 2.46. The van der Waals surface area contributed by atoms with Gasteiger partial charge < -0.3 is 37.0 Å². The highest BCUT2D eigenvalue weighted by Gasteiger charge is 2.31. The number of nitrogens with two attached hydrogens (primary N) is 1. The normalized spacial score (nSPS) is 14.6. The summed E-state index contributed by atoms with van der Waals surface area (Å²) in [5, 5.41) is 33.2. The summed E-state index contributed by atoms with van der Waals surface area (Å²) in [6.07, 6.45) is -1.40. The second kappa shape index (κ2) is 13.2. The molecule has 0 heterocycles. The van der Waals surface area contributed by atoms with Gasteiger partial charge in [-0.1, -0.05) is 13.8 Å². The van der Waals surface area contributed by atoms with Crippen molar-refractivity contribution in [1.29, 1.82) is 0 Å². The molecule has 8 N–H and O–H groups in total. The number of amides is 3. The third-order valence-electron chi connectivity index (χ3n) is 4.08. The number of rotatable bonds is 14. The molecule has 176 valence electrons. The summed E-state index contributed by atoms with van der Waals surface area (Å²) in [7, 11) is 0. The highest BCUT2D eigenvalue weighted by Crippen LogP contribution is 2.06. The van der Waals surface area contributed by atoms with Crippen molar-refractivity contribution in [2.75, 3.05) is 0 Å². The molecule has 0 saturated carbocycles. The van der Waals surface area contributed by atoms with Gasteiger partial charge in [-0.2, -0.15) is 0 Å². The number of nitrogens with one attached hydrogen (secondary N) is 3. The molecule has 13 heteroatoms. The second-order valence-corrected chi connectivity index (χ2v) is 7.46. The Bertz CT molecular complexity index is 696. The van der Waals surface area contributed by atoms with Crippen molar-refractivity contribution in [3.63, 3.8) is 0 Å². The van der Waals surface area contributed by atoms with Crippen LogP contribution in [0.3, 0.4) is 0 Å². The van der Waals surface area contributed by atoms with Crippen LogP contribution in [0.5, 0.6) is 0 Å². The quantitative estimate of drug-likeness (QED) is 0.159. The van der Waals surface area contributed by atoms with Gasteiger partial charge in [-0.15, -0.1) is 0 Å². The van der Waals surface area contributed by atoms with Gasteiger partial charge in [0.15, 0.2) is 0 Å². The molecule has 0 rings (SSSR count). The Kier molecular flexibility index (Phi) is 11.8. The Morgan fingerprint density at radius 2 is 1.29 bits per heavy atom. The number of hydrogen-bond acceptors (Lipinski definition) is 7. The first-order chi connectivity index (χ1) is 14.2. The smallest absolute Gasteiger partial charge is 0.325 e. The minimum absolute atomic E-state index is 0.0758. The monoisotopic (exact) mass is 446 g/mol. The molecule has 0 bridgehead atoms. The Balaban J connectivity index is 5.43. The highest BCUT2D eigenvalue weighted by atomic mass is 16.4. The molecule has 0 aromatic carbocycles. The molecule has 0 fully saturated rings. The van der Waals surface area contributed by atoms with Crippen LogP contribution in [-0.2, 0) is 28.8 Å². The van der Waals surface area contributed by atoms with Crippen LogP contribution < -0.4 is 21.7 Å². The largest absolute Gasteiger partial charge is 0.481 e. The van der Waals surface area contributed by atoms with Crippen molar-refractivity contribution < 1.29 is 44.1 Å². The summed E-state index contributed by atoms with van der Waals surface area (Å²) in [5.74, 6) is -6.77. The lowest BCUT2D eigenvalue weighted by molar-refractivity contribution is -0.143. The van der Waals surface area contributed by atoms with Crippen LogP contribution in [0, 0.1) is 5.92 Å². The van der Waals surface area contributed by atoms with Gasteiger partial charge in [0.05, 0.1) is 12.5 Å². The van der Waals surface area contributed by atoms with Crippen molar-refractivity contribution in [2.24, 2.45) is 11.7 Å². The maximum Gasteiger partial charge on any atom is 0.325 e. The third kappa shape index (κ3) is 11.5. The number of carbonyl (C=O) groups excluding carboxylic acids is 3. The molecule has 0 aliphatic carbocycles. The van der Waals surface area contributed by atoms with E-state index in [-0.39, 0.29) is 12.3 Å². The van der Waals surface area contributed by atoms with Gasteiger partial charge in [0, 0.05) is 6.42 Å². The summed E-state index contributed by atoms with van der Waals surface area (Å²) in [5.41, 5.74) is 5.76. The lowest BCUT2D eigenvalue weighted by Gasteiger charge is -2.24. The number of aliphatic carboxylic acids is 3. The molecular weight excluding hydrogens is 416 g/mol. The zero-order chi connectivity index (χ0) is 24.3. The Morgan fingerprint density at radius 3 is 1.74 bits per heavy atom. The lowest BCUT2D eigenvalue weighted by Crippen LogP contribution is -2.57. The van der Waals surface area contributed by atoms with Gasteiger partial charge in [0.2, 0.25) is 17.7 Å². The highest BCUT2D eigenvalue weighted by molar-refractivity contribution is 5.95. The number of carboxylic acids is 3. The summed E-state index contributed by atoms with van der Waals surface area (Å²) in [6.45, 7) is 4.80. The van der Waals surface area contributed by atoms with E-state index in [0.29, 0.717) is 6.42 Å². The van der Waals surface area contributed by atoms with Crippen LogP contribution in [0.15, 0.2) is 0 Å². The van der Waals surface area contributed by atoms with Crippen molar-refractivity contribution in [3.8, 4) is 0 Å². The van der Waals surface area contributed by atoms with E-state index in [1.54, 1.807) is 0 Å². The molecule has 3 amide bonds. The van der Waals surface area contributed by atoms with E-state index in [9.17, 15) is 28.8 Å². The van der Waals surface area contributed by atoms with Gasteiger partial charge >= 0.3 is 17.9 Å². The SMILES string of the molecule is CC(C)CC(N)C(=O)NC(CCC(=O)O)C(=O)NC(CC(=O)O)C(=O)NC(C)C(=O)O.